The van der Waals surface area contributed by atoms with Crippen molar-refractivity contribution in [3.8, 4) is 0 Å². The van der Waals surface area contributed by atoms with Crippen LogP contribution in [0.15, 0.2) is 54.6 Å². The average molecular weight is 447 g/mol. The van der Waals surface area contributed by atoms with Gasteiger partial charge in [-0.05, 0) is 30.7 Å². The van der Waals surface area contributed by atoms with Crippen LogP contribution in [0.25, 0.3) is 0 Å². The van der Waals surface area contributed by atoms with E-state index in [-0.39, 0.29) is 6.10 Å². The molecule has 0 saturated carbocycles. The van der Waals surface area contributed by atoms with Crippen molar-refractivity contribution in [3.63, 3.8) is 0 Å². The van der Waals surface area contributed by atoms with E-state index in [9.17, 15) is 14.4 Å². The Balaban J connectivity index is 0.000000347. The van der Waals surface area contributed by atoms with Gasteiger partial charge >= 0.3 is 17.9 Å². The molecule has 2 aromatic rings. The summed E-state index contributed by atoms with van der Waals surface area (Å²) in [7, 11) is 1.94. The van der Waals surface area contributed by atoms with Crippen molar-refractivity contribution < 1.29 is 39.5 Å². The number of benzene rings is 2. The summed E-state index contributed by atoms with van der Waals surface area (Å²) in [6, 6.07) is 18.8. The molecule has 9 nitrogen and oxygen atoms in total. The molecule has 0 spiro atoms. The molecule has 0 aromatic heterocycles. The Labute approximate surface area is 186 Å². The van der Waals surface area contributed by atoms with Crippen LogP contribution in [0.3, 0.4) is 0 Å². The quantitative estimate of drug-likeness (QED) is 0.326. The zero-order chi connectivity index (χ0) is 24.1. The van der Waals surface area contributed by atoms with E-state index in [4.69, 9.17) is 25.2 Å². The number of aryl methyl sites for hydroxylation is 1. The lowest BCUT2D eigenvalue weighted by molar-refractivity contribution is -0.170. The monoisotopic (exact) mass is 447 g/mol. The smallest absolute Gasteiger partial charge is 0.336 e. The van der Waals surface area contributed by atoms with Crippen molar-refractivity contribution >= 4 is 17.9 Å². The van der Waals surface area contributed by atoms with Crippen molar-refractivity contribution in [1.29, 1.82) is 0 Å². The summed E-state index contributed by atoms with van der Waals surface area (Å²) in [6.07, 6.45) is -2.28. The van der Waals surface area contributed by atoms with Gasteiger partial charge in [0, 0.05) is 6.54 Å². The van der Waals surface area contributed by atoms with Gasteiger partial charge in [-0.3, -0.25) is 9.59 Å². The lowest BCUT2D eigenvalue weighted by atomic mass is 9.96. The van der Waals surface area contributed by atoms with Crippen LogP contribution in [0.5, 0.6) is 0 Å². The molecule has 0 aliphatic carbocycles. The zero-order valence-electron chi connectivity index (χ0n) is 18.0. The molecule has 0 fully saturated rings. The molecule has 174 valence electrons. The fraction of sp³-hybridized carbons (Fsp3) is 0.348. The van der Waals surface area contributed by atoms with Gasteiger partial charge in [-0.1, -0.05) is 54.6 Å². The number of likely N-dealkylation sites (N-methyl/N-ethyl adjacent to an activating group) is 1. The maximum Gasteiger partial charge on any atom is 0.336 e. The van der Waals surface area contributed by atoms with Crippen LogP contribution < -0.4 is 5.32 Å². The Hall–Kier alpha value is -3.27. The second-order valence-corrected chi connectivity index (χ2v) is 7.10. The third kappa shape index (κ3) is 8.84. The predicted molar refractivity (Wildman–Crippen MR) is 116 cm³/mol. The minimum atomic E-state index is -2.74. The number of hydrogen-bond acceptors (Lipinski definition) is 6. The van der Waals surface area contributed by atoms with Crippen molar-refractivity contribution in [3.05, 3.63) is 71.3 Å². The highest BCUT2D eigenvalue weighted by molar-refractivity contribution is 5.88. The molecule has 0 amide bonds. The highest BCUT2D eigenvalue weighted by Gasteiger charge is 2.40. The van der Waals surface area contributed by atoms with Gasteiger partial charge in [0.05, 0.1) is 19.4 Å². The summed E-state index contributed by atoms with van der Waals surface area (Å²) < 4.78 is 6.07. The molecule has 1 atom stereocenters. The Morgan fingerprint density at radius 2 is 1.47 bits per heavy atom. The summed E-state index contributed by atoms with van der Waals surface area (Å²) in [5, 5.41) is 36.9. The maximum absolute atomic E-state index is 10.3. The summed E-state index contributed by atoms with van der Waals surface area (Å²) in [5.41, 5.74) is 0.969. The number of carboxylic acid groups (broad SMARTS) is 3. The van der Waals surface area contributed by atoms with Gasteiger partial charge in [-0.2, -0.15) is 0 Å². The normalized spacial score (nSPS) is 11.7. The van der Waals surface area contributed by atoms with Crippen LogP contribution in [0, 0.1) is 6.92 Å². The molecule has 5 N–H and O–H groups in total. The third-order valence-corrected chi connectivity index (χ3v) is 4.50. The Morgan fingerprint density at radius 3 is 1.94 bits per heavy atom. The Bertz CT molecular complexity index is 869. The number of carbonyl (C=O) groups is 3. The molecule has 0 bridgehead atoms. The number of carboxylic acids is 3. The molecule has 2 aromatic carbocycles. The maximum atomic E-state index is 10.3. The largest absolute Gasteiger partial charge is 0.481 e. The summed E-state index contributed by atoms with van der Waals surface area (Å²) >= 11 is 0. The lowest BCUT2D eigenvalue weighted by Crippen LogP contribution is -2.42. The highest BCUT2D eigenvalue weighted by atomic mass is 16.5. The second-order valence-electron chi connectivity index (χ2n) is 7.10. The van der Waals surface area contributed by atoms with Crippen molar-refractivity contribution in [1.82, 2.24) is 5.32 Å². The number of aliphatic hydroxyl groups is 1. The predicted octanol–water partition coefficient (Wildman–Crippen LogP) is 2.07. The number of nitrogens with one attached hydrogen (secondary N) is 1. The van der Waals surface area contributed by atoms with Gasteiger partial charge in [0.2, 0.25) is 0 Å². The summed E-state index contributed by atoms with van der Waals surface area (Å²) in [6.45, 7) is 3.69. The second kappa shape index (κ2) is 13.2. The molecule has 0 aliphatic heterocycles. The van der Waals surface area contributed by atoms with Crippen molar-refractivity contribution in [2.45, 2.75) is 31.5 Å². The van der Waals surface area contributed by atoms with Gasteiger partial charge in [-0.25, -0.2) is 4.79 Å². The van der Waals surface area contributed by atoms with Gasteiger partial charge in [0.15, 0.2) is 5.60 Å². The molecule has 0 saturated heterocycles. The fourth-order valence-corrected chi connectivity index (χ4v) is 2.87. The molecule has 9 heteroatoms. The van der Waals surface area contributed by atoms with Gasteiger partial charge in [-0.15, -0.1) is 0 Å². The van der Waals surface area contributed by atoms with Crippen molar-refractivity contribution in [2.24, 2.45) is 0 Å². The van der Waals surface area contributed by atoms with Crippen LogP contribution in [0.4, 0.5) is 0 Å². The number of ether oxygens (including phenoxy) is 1. The van der Waals surface area contributed by atoms with Crippen LogP contribution >= 0.6 is 0 Å². The van der Waals surface area contributed by atoms with E-state index < -0.39 is 36.4 Å². The highest BCUT2D eigenvalue weighted by Crippen LogP contribution is 2.28. The van der Waals surface area contributed by atoms with E-state index in [1.807, 2.05) is 13.1 Å². The Kier molecular flexibility index (Phi) is 11.0. The number of rotatable bonds is 11. The summed E-state index contributed by atoms with van der Waals surface area (Å²) in [5.74, 6) is -5.02. The topological polar surface area (TPSA) is 153 Å². The molecule has 0 aliphatic rings. The molecule has 0 radical (unpaired) electrons. The first kappa shape index (κ1) is 26.8. The van der Waals surface area contributed by atoms with Crippen LogP contribution in [0.2, 0.25) is 0 Å². The minimum absolute atomic E-state index is 0.00995. The van der Waals surface area contributed by atoms with E-state index in [1.165, 1.54) is 16.7 Å². The standard InChI is InChI=1S/C17H21NO.C6H8O7/c1-14-8-6-7-11-16(14)17(19-13-12-18-2)15-9-4-3-5-10-15;7-3(8)1-6(13,5(11)12)2-4(9)10/h3-11,17-18H,12-13H2,1-2H3;13H,1-2H2,(H,7,8)(H,9,10)(H,11,12). The van der Waals surface area contributed by atoms with E-state index in [0.29, 0.717) is 6.61 Å². The fourth-order valence-electron chi connectivity index (χ4n) is 2.87. The van der Waals surface area contributed by atoms with Crippen LogP contribution in [-0.4, -0.2) is 64.1 Å². The molecule has 2 rings (SSSR count). The molecular weight excluding hydrogens is 418 g/mol. The summed E-state index contributed by atoms with van der Waals surface area (Å²) in [4.78, 5) is 30.5. The Morgan fingerprint density at radius 1 is 0.938 bits per heavy atom. The lowest BCUT2D eigenvalue weighted by Gasteiger charge is -2.20. The first-order valence-electron chi connectivity index (χ1n) is 9.86. The molecule has 1 unspecified atom stereocenters. The first-order chi connectivity index (χ1) is 15.1. The average Bonchev–Trinajstić information content (AvgIpc) is 2.72. The van der Waals surface area contributed by atoms with E-state index >= 15 is 0 Å². The SMILES string of the molecule is CNCCOC(c1ccccc1)c1ccccc1C.O=C(O)CC(O)(CC(=O)O)C(=O)O. The molecular formula is C23H29NO8. The number of hydrogen-bond donors (Lipinski definition) is 5. The van der Waals surface area contributed by atoms with Crippen LogP contribution in [-0.2, 0) is 19.1 Å². The van der Waals surface area contributed by atoms with Gasteiger partial charge in [0.25, 0.3) is 0 Å². The van der Waals surface area contributed by atoms with Crippen molar-refractivity contribution in [2.75, 3.05) is 20.2 Å². The van der Waals surface area contributed by atoms with E-state index in [2.05, 4.69) is 60.8 Å². The van der Waals surface area contributed by atoms with E-state index in [1.54, 1.807) is 0 Å². The minimum Gasteiger partial charge on any atom is -0.481 e. The van der Waals surface area contributed by atoms with Crippen LogP contribution in [0.1, 0.15) is 35.6 Å². The number of aliphatic carboxylic acids is 3. The third-order valence-electron chi connectivity index (χ3n) is 4.50. The van der Waals surface area contributed by atoms with Gasteiger partial charge in [0.1, 0.15) is 6.10 Å². The van der Waals surface area contributed by atoms with E-state index in [0.717, 1.165) is 6.54 Å². The molecule has 32 heavy (non-hydrogen) atoms. The van der Waals surface area contributed by atoms with Gasteiger partial charge < -0.3 is 30.5 Å². The zero-order valence-corrected chi connectivity index (χ0v) is 18.0. The molecule has 0 heterocycles. The first-order valence-corrected chi connectivity index (χ1v) is 9.86.